The fraction of sp³-hybridized carbons (Fsp3) is 0.778. The lowest BCUT2D eigenvalue weighted by molar-refractivity contribution is 0.457. The third-order valence-electron chi connectivity index (χ3n) is 2.92. The zero-order valence-electron chi connectivity index (χ0n) is 5.90. The molecular formula is C9H14. The van der Waals surface area contributed by atoms with Crippen LogP contribution in [0.25, 0.3) is 0 Å². The molecule has 2 aliphatic rings. The maximum Gasteiger partial charge on any atom is -0.0292 e. The van der Waals surface area contributed by atoms with Crippen LogP contribution in [0.4, 0.5) is 0 Å². The monoisotopic (exact) mass is 122 g/mol. The smallest absolute Gasteiger partial charge is 0.0292 e. The molecule has 0 radical (unpaired) electrons. The molecule has 0 nitrogen and oxygen atoms in total. The predicted molar refractivity (Wildman–Crippen MR) is 39.2 cm³/mol. The Bertz CT molecular complexity index is 121. The molecule has 9 heavy (non-hydrogen) atoms. The largest absolute Gasteiger partial charge is 0.0998 e. The molecule has 2 saturated carbocycles. The van der Waals surface area contributed by atoms with Crippen LogP contribution in [-0.4, -0.2) is 0 Å². The lowest BCUT2D eigenvalue weighted by Crippen LogP contribution is -1.95. The molecule has 50 valence electrons. The van der Waals surface area contributed by atoms with E-state index in [-0.39, 0.29) is 0 Å². The highest BCUT2D eigenvalue weighted by atomic mass is 14.4. The van der Waals surface area contributed by atoms with Crippen molar-refractivity contribution in [2.24, 2.45) is 11.8 Å². The molecule has 0 spiro atoms. The van der Waals surface area contributed by atoms with E-state index < -0.39 is 0 Å². The minimum atomic E-state index is 1.05. The Morgan fingerprint density at radius 1 is 1.11 bits per heavy atom. The molecule has 0 aromatic carbocycles. The zero-order valence-corrected chi connectivity index (χ0v) is 5.90. The molecule has 0 bridgehead atoms. The fourth-order valence-corrected chi connectivity index (χ4v) is 2.48. The van der Waals surface area contributed by atoms with Crippen LogP contribution >= 0.6 is 0 Å². The van der Waals surface area contributed by atoms with Crippen LogP contribution in [0.1, 0.15) is 32.1 Å². The number of hydrogen-bond donors (Lipinski definition) is 0. The highest BCUT2D eigenvalue weighted by molar-refractivity contribution is 5.07. The van der Waals surface area contributed by atoms with Gasteiger partial charge in [-0.25, -0.2) is 0 Å². The van der Waals surface area contributed by atoms with Gasteiger partial charge in [0.1, 0.15) is 0 Å². The van der Waals surface area contributed by atoms with Gasteiger partial charge in [-0.05, 0) is 37.5 Å². The zero-order chi connectivity index (χ0) is 6.27. The second kappa shape index (κ2) is 1.86. The van der Waals surface area contributed by atoms with E-state index in [2.05, 4.69) is 6.58 Å². The topological polar surface area (TPSA) is 0 Å². The maximum atomic E-state index is 4.04. The summed E-state index contributed by atoms with van der Waals surface area (Å²) >= 11 is 0. The van der Waals surface area contributed by atoms with Crippen molar-refractivity contribution < 1.29 is 0 Å². The summed E-state index contributed by atoms with van der Waals surface area (Å²) in [5, 5.41) is 0. The lowest BCUT2D eigenvalue weighted by atomic mass is 10.0. The molecule has 0 amide bonds. The molecule has 0 saturated heterocycles. The van der Waals surface area contributed by atoms with E-state index in [1.807, 2.05) is 0 Å². The van der Waals surface area contributed by atoms with E-state index in [9.17, 15) is 0 Å². The summed E-state index contributed by atoms with van der Waals surface area (Å²) in [6, 6.07) is 0. The normalized spacial score (nSPS) is 41.6. The number of rotatable bonds is 0. The van der Waals surface area contributed by atoms with E-state index >= 15 is 0 Å². The first-order valence-corrected chi connectivity index (χ1v) is 4.03. The Balaban J connectivity index is 2.09. The Morgan fingerprint density at radius 2 is 1.67 bits per heavy atom. The van der Waals surface area contributed by atoms with Crippen LogP contribution in [-0.2, 0) is 0 Å². The van der Waals surface area contributed by atoms with Gasteiger partial charge in [0.15, 0.2) is 0 Å². The van der Waals surface area contributed by atoms with Crippen molar-refractivity contribution in [3.63, 3.8) is 0 Å². The minimum absolute atomic E-state index is 1.05. The highest BCUT2D eigenvalue weighted by Gasteiger charge is 2.32. The van der Waals surface area contributed by atoms with Crippen molar-refractivity contribution in [1.29, 1.82) is 0 Å². The average molecular weight is 122 g/mol. The van der Waals surface area contributed by atoms with Crippen molar-refractivity contribution in [3.8, 4) is 0 Å². The van der Waals surface area contributed by atoms with Crippen LogP contribution in [0.2, 0.25) is 0 Å². The Morgan fingerprint density at radius 3 is 2.22 bits per heavy atom. The molecule has 0 aromatic heterocycles. The summed E-state index contributed by atoms with van der Waals surface area (Å²) in [6.07, 6.45) is 7.17. The van der Waals surface area contributed by atoms with Gasteiger partial charge in [-0.1, -0.05) is 18.6 Å². The number of hydrogen-bond acceptors (Lipinski definition) is 0. The van der Waals surface area contributed by atoms with Crippen molar-refractivity contribution >= 4 is 0 Å². The van der Waals surface area contributed by atoms with Crippen LogP contribution in [0.15, 0.2) is 12.2 Å². The van der Waals surface area contributed by atoms with Gasteiger partial charge in [-0.2, -0.15) is 0 Å². The van der Waals surface area contributed by atoms with Gasteiger partial charge in [0.05, 0.1) is 0 Å². The van der Waals surface area contributed by atoms with Gasteiger partial charge >= 0.3 is 0 Å². The van der Waals surface area contributed by atoms with Crippen molar-refractivity contribution in [2.45, 2.75) is 32.1 Å². The standard InChI is InChI=1S/C9H14/c1-7-5-8-3-2-4-9(8)6-7/h8-9H,1-6H2. The van der Waals surface area contributed by atoms with E-state index in [0.717, 1.165) is 11.8 Å². The first kappa shape index (κ1) is 5.52. The van der Waals surface area contributed by atoms with Crippen LogP contribution in [0, 0.1) is 11.8 Å². The Hall–Kier alpha value is -0.260. The first-order chi connectivity index (χ1) is 4.36. The summed E-state index contributed by atoms with van der Waals surface area (Å²) < 4.78 is 0. The van der Waals surface area contributed by atoms with Crippen molar-refractivity contribution in [3.05, 3.63) is 12.2 Å². The van der Waals surface area contributed by atoms with Crippen molar-refractivity contribution in [1.82, 2.24) is 0 Å². The second-order valence-corrected chi connectivity index (χ2v) is 3.61. The van der Waals surface area contributed by atoms with Gasteiger partial charge in [0, 0.05) is 0 Å². The van der Waals surface area contributed by atoms with Crippen LogP contribution in [0.5, 0.6) is 0 Å². The van der Waals surface area contributed by atoms with Crippen molar-refractivity contribution in [2.75, 3.05) is 0 Å². The van der Waals surface area contributed by atoms with E-state index in [1.54, 1.807) is 0 Å². The van der Waals surface area contributed by atoms with E-state index in [0.29, 0.717) is 0 Å². The Kier molecular flexibility index (Phi) is 1.14. The molecule has 0 heterocycles. The van der Waals surface area contributed by atoms with E-state index in [1.165, 1.54) is 37.7 Å². The SMILES string of the molecule is C=C1CC2CCCC2C1. The molecule has 0 aliphatic heterocycles. The van der Waals surface area contributed by atoms with Gasteiger partial charge in [0.25, 0.3) is 0 Å². The lowest BCUT2D eigenvalue weighted by Gasteiger charge is -2.04. The predicted octanol–water partition coefficient (Wildman–Crippen LogP) is 2.75. The van der Waals surface area contributed by atoms with Gasteiger partial charge < -0.3 is 0 Å². The van der Waals surface area contributed by atoms with Gasteiger partial charge in [-0.15, -0.1) is 0 Å². The maximum absolute atomic E-state index is 4.04. The molecule has 2 rings (SSSR count). The average Bonchev–Trinajstić information content (AvgIpc) is 2.22. The molecule has 0 aromatic rings. The Labute approximate surface area is 57.0 Å². The van der Waals surface area contributed by atoms with E-state index in [4.69, 9.17) is 0 Å². The second-order valence-electron chi connectivity index (χ2n) is 3.61. The van der Waals surface area contributed by atoms with Crippen LogP contribution < -0.4 is 0 Å². The number of fused-ring (bicyclic) bond motifs is 1. The minimum Gasteiger partial charge on any atom is -0.0998 e. The van der Waals surface area contributed by atoms with Gasteiger partial charge in [-0.3, -0.25) is 0 Å². The first-order valence-electron chi connectivity index (χ1n) is 4.03. The molecule has 0 heteroatoms. The molecule has 2 fully saturated rings. The third-order valence-corrected chi connectivity index (χ3v) is 2.92. The quantitative estimate of drug-likeness (QED) is 0.433. The van der Waals surface area contributed by atoms with Crippen LogP contribution in [0.3, 0.4) is 0 Å². The molecule has 2 aliphatic carbocycles. The molecular weight excluding hydrogens is 108 g/mol. The molecule has 2 unspecified atom stereocenters. The summed E-state index contributed by atoms with van der Waals surface area (Å²) in [4.78, 5) is 0. The summed E-state index contributed by atoms with van der Waals surface area (Å²) in [7, 11) is 0. The van der Waals surface area contributed by atoms with Gasteiger partial charge in [0.2, 0.25) is 0 Å². The molecule has 2 atom stereocenters. The summed E-state index contributed by atoms with van der Waals surface area (Å²) in [5.74, 6) is 2.11. The highest BCUT2D eigenvalue weighted by Crippen LogP contribution is 2.45. The number of allylic oxidation sites excluding steroid dienone is 1. The summed E-state index contributed by atoms with van der Waals surface area (Å²) in [5.41, 5.74) is 1.52. The third kappa shape index (κ3) is 0.810. The molecule has 0 N–H and O–H groups in total. The summed E-state index contributed by atoms with van der Waals surface area (Å²) in [6.45, 7) is 4.04. The fourth-order valence-electron chi connectivity index (χ4n) is 2.48.